The molecule has 2 atom stereocenters. The lowest BCUT2D eigenvalue weighted by Gasteiger charge is -2.38. The van der Waals surface area contributed by atoms with Crippen LogP contribution in [0.25, 0.3) is 10.9 Å². The molecular formula is C27H40N4O4. The molecule has 1 heterocycles. The molecular weight excluding hydrogens is 444 g/mol. The molecule has 0 saturated carbocycles. The van der Waals surface area contributed by atoms with E-state index in [4.69, 9.17) is 5.11 Å². The van der Waals surface area contributed by atoms with Crippen molar-refractivity contribution >= 4 is 28.7 Å². The molecule has 3 N–H and O–H groups in total. The number of nitrogens with one attached hydrogen (secondary N) is 2. The van der Waals surface area contributed by atoms with Crippen molar-refractivity contribution in [1.29, 1.82) is 0 Å². The molecule has 0 spiro atoms. The van der Waals surface area contributed by atoms with Crippen LogP contribution in [0.5, 0.6) is 0 Å². The van der Waals surface area contributed by atoms with Gasteiger partial charge in [0.1, 0.15) is 6.04 Å². The van der Waals surface area contributed by atoms with E-state index < -0.39 is 28.9 Å². The van der Waals surface area contributed by atoms with E-state index in [1.165, 1.54) is 17.9 Å². The third-order valence-electron chi connectivity index (χ3n) is 6.65. The van der Waals surface area contributed by atoms with Gasteiger partial charge in [-0.25, -0.2) is 4.79 Å². The summed E-state index contributed by atoms with van der Waals surface area (Å²) in [4.78, 5) is 39.5. The smallest absolute Gasteiger partial charge is 0.331 e. The number of amides is 2. The Labute approximate surface area is 208 Å². The Kier molecular flexibility index (Phi) is 8.55. The van der Waals surface area contributed by atoms with Crippen LogP contribution in [0.2, 0.25) is 0 Å². The van der Waals surface area contributed by atoms with Gasteiger partial charge >= 0.3 is 5.97 Å². The van der Waals surface area contributed by atoms with Crippen molar-refractivity contribution in [2.24, 2.45) is 12.5 Å². The van der Waals surface area contributed by atoms with Crippen molar-refractivity contribution in [3.63, 3.8) is 0 Å². The Morgan fingerprint density at radius 2 is 1.71 bits per heavy atom. The number of fused-ring (bicyclic) bond motifs is 1. The number of carboxylic acid groups (broad SMARTS) is 1. The lowest BCUT2D eigenvalue weighted by molar-refractivity contribution is -0.139. The van der Waals surface area contributed by atoms with E-state index in [0.717, 1.165) is 16.5 Å². The van der Waals surface area contributed by atoms with Crippen LogP contribution in [0.1, 0.15) is 47.1 Å². The predicted molar refractivity (Wildman–Crippen MR) is 139 cm³/mol. The second kappa shape index (κ2) is 10.6. The van der Waals surface area contributed by atoms with E-state index in [-0.39, 0.29) is 23.9 Å². The van der Waals surface area contributed by atoms with E-state index in [2.05, 4.69) is 27.5 Å². The molecule has 192 valence electrons. The first-order chi connectivity index (χ1) is 16.1. The summed E-state index contributed by atoms with van der Waals surface area (Å²) in [6.07, 6.45) is 3.54. The Balaban J connectivity index is 2.34. The molecule has 2 rings (SSSR count). The number of carbonyl (C=O) groups excluding carboxylic acids is 2. The van der Waals surface area contributed by atoms with Crippen molar-refractivity contribution in [2.75, 3.05) is 20.6 Å². The van der Waals surface area contributed by atoms with Gasteiger partial charge < -0.3 is 25.2 Å². The number of benzene rings is 1. The minimum atomic E-state index is -1.03. The van der Waals surface area contributed by atoms with Crippen LogP contribution >= 0.6 is 0 Å². The molecule has 0 saturated heterocycles. The average Bonchev–Trinajstić information content (AvgIpc) is 3.12. The van der Waals surface area contributed by atoms with Crippen LogP contribution in [0.3, 0.4) is 0 Å². The second-order valence-electron chi connectivity index (χ2n) is 10.8. The van der Waals surface area contributed by atoms with Gasteiger partial charge in [-0.3, -0.25) is 9.59 Å². The molecule has 0 aliphatic heterocycles. The normalized spacial score (nSPS) is 14.5. The Hall–Kier alpha value is -3.13. The van der Waals surface area contributed by atoms with Gasteiger partial charge in [0.05, 0.1) is 6.04 Å². The summed E-state index contributed by atoms with van der Waals surface area (Å²) in [5.41, 5.74) is 1.13. The Morgan fingerprint density at radius 3 is 2.26 bits per heavy atom. The summed E-state index contributed by atoms with van der Waals surface area (Å²) in [6.45, 7) is 11.3. The molecule has 35 heavy (non-hydrogen) atoms. The monoisotopic (exact) mass is 484 g/mol. The largest absolute Gasteiger partial charge is 0.478 e. The first-order valence-corrected chi connectivity index (χ1v) is 11.8. The maximum atomic E-state index is 13.6. The standard InChI is InChI=1S/C27H40N4O4/c1-17(25(34)35)14-15-30(8)24(33)22(26(2,3)4)29-23(32)21(28-7)27(5,6)19-16-31(9)20-13-11-10-12-18(19)20/h10-14,16,21-22,28H,15H2,1-9H3,(H,29,32)(H,34,35)/t21-,22-/m1/s1. The molecule has 0 bridgehead atoms. The number of carbonyl (C=O) groups is 3. The molecule has 8 nitrogen and oxygen atoms in total. The Morgan fingerprint density at radius 1 is 1.11 bits per heavy atom. The fourth-order valence-electron chi connectivity index (χ4n) is 4.38. The topological polar surface area (TPSA) is 104 Å². The summed E-state index contributed by atoms with van der Waals surface area (Å²) in [7, 11) is 5.34. The van der Waals surface area contributed by atoms with Crippen LogP contribution in [-0.2, 0) is 26.8 Å². The predicted octanol–water partition coefficient (Wildman–Crippen LogP) is 3.06. The number of aromatic nitrogens is 1. The van der Waals surface area contributed by atoms with E-state index in [1.807, 2.05) is 59.9 Å². The number of para-hydroxylation sites is 1. The van der Waals surface area contributed by atoms with Gasteiger partial charge in [-0.2, -0.15) is 0 Å². The highest BCUT2D eigenvalue weighted by Crippen LogP contribution is 2.34. The maximum Gasteiger partial charge on any atom is 0.331 e. The highest BCUT2D eigenvalue weighted by atomic mass is 16.4. The average molecular weight is 485 g/mol. The number of nitrogens with zero attached hydrogens (tertiary/aromatic N) is 2. The first kappa shape index (κ1) is 28.1. The minimum absolute atomic E-state index is 0.135. The van der Waals surface area contributed by atoms with Crippen LogP contribution in [0.4, 0.5) is 0 Å². The van der Waals surface area contributed by atoms with E-state index >= 15 is 0 Å². The second-order valence-corrected chi connectivity index (χ2v) is 10.8. The summed E-state index contributed by atoms with van der Waals surface area (Å²) >= 11 is 0. The summed E-state index contributed by atoms with van der Waals surface area (Å²) in [5, 5.41) is 16.3. The molecule has 2 aromatic rings. The number of rotatable bonds is 9. The van der Waals surface area contributed by atoms with Gasteiger partial charge in [-0.05, 0) is 31.0 Å². The summed E-state index contributed by atoms with van der Waals surface area (Å²) in [5.74, 6) is -1.58. The van der Waals surface area contributed by atoms with Crippen molar-refractivity contribution in [3.8, 4) is 0 Å². The zero-order valence-electron chi connectivity index (χ0n) is 22.4. The zero-order chi connectivity index (χ0) is 26.7. The van der Waals surface area contributed by atoms with Crippen molar-refractivity contribution in [2.45, 2.75) is 59.0 Å². The SMILES string of the molecule is CN[C@H](C(=O)N[C@H](C(=O)N(C)CC=C(C)C(=O)O)C(C)(C)C)C(C)(C)c1cn(C)c2ccccc12. The fraction of sp³-hybridized carbons (Fsp3) is 0.519. The number of aryl methyl sites for hydroxylation is 1. The Bertz CT molecular complexity index is 1120. The molecule has 2 amide bonds. The third-order valence-corrected chi connectivity index (χ3v) is 6.65. The van der Waals surface area contributed by atoms with Crippen LogP contribution in [0, 0.1) is 5.41 Å². The summed E-state index contributed by atoms with van der Waals surface area (Å²) < 4.78 is 2.06. The quantitative estimate of drug-likeness (QED) is 0.475. The number of hydrogen-bond acceptors (Lipinski definition) is 4. The third kappa shape index (κ3) is 6.11. The van der Waals surface area contributed by atoms with Crippen molar-refractivity contribution < 1.29 is 19.5 Å². The highest BCUT2D eigenvalue weighted by molar-refractivity contribution is 5.93. The van der Waals surface area contributed by atoms with Gasteiger partial charge in [0.25, 0.3) is 0 Å². The van der Waals surface area contributed by atoms with Gasteiger partial charge in [0, 0.05) is 48.7 Å². The lowest BCUT2D eigenvalue weighted by atomic mass is 9.76. The minimum Gasteiger partial charge on any atom is -0.478 e. The summed E-state index contributed by atoms with van der Waals surface area (Å²) in [6, 6.07) is 6.68. The van der Waals surface area contributed by atoms with Crippen LogP contribution < -0.4 is 10.6 Å². The van der Waals surface area contributed by atoms with Crippen LogP contribution in [-0.4, -0.2) is 65.1 Å². The number of likely N-dealkylation sites (N-methyl/N-ethyl adjacent to an activating group) is 2. The number of hydrogen-bond donors (Lipinski definition) is 3. The van der Waals surface area contributed by atoms with Crippen molar-refractivity contribution in [3.05, 3.63) is 47.7 Å². The van der Waals surface area contributed by atoms with E-state index in [1.54, 1.807) is 14.1 Å². The first-order valence-electron chi connectivity index (χ1n) is 11.8. The fourth-order valence-corrected chi connectivity index (χ4v) is 4.38. The number of carboxylic acids is 1. The molecule has 1 aromatic heterocycles. The molecule has 0 unspecified atom stereocenters. The van der Waals surface area contributed by atoms with E-state index in [9.17, 15) is 14.4 Å². The molecule has 1 aromatic carbocycles. The van der Waals surface area contributed by atoms with Gasteiger partial charge in [0.2, 0.25) is 11.8 Å². The zero-order valence-corrected chi connectivity index (χ0v) is 22.4. The van der Waals surface area contributed by atoms with E-state index in [0.29, 0.717) is 0 Å². The van der Waals surface area contributed by atoms with Gasteiger partial charge in [-0.15, -0.1) is 0 Å². The van der Waals surface area contributed by atoms with Crippen LogP contribution in [0.15, 0.2) is 42.1 Å². The van der Waals surface area contributed by atoms with Gasteiger partial charge in [0.15, 0.2) is 0 Å². The lowest BCUT2D eigenvalue weighted by Crippen LogP contribution is -2.60. The number of aliphatic carboxylic acids is 1. The van der Waals surface area contributed by atoms with Gasteiger partial charge in [-0.1, -0.05) is 58.9 Å². The molecule has 0 radical (unpaired) electrons. The molecule has 0 fully saturated rings. The molecule has 0 aliphatic rings. The molecule has 8 heteroatoms. The highest BCUT2D eigenvalue weighted by Gasteiger charge is 2.41. The maximum absolute atomic E-state index is 13.6. The molecule has 0 aliphatic carbocycles. The van der Waals surface area contributed by atoms with Crippen molar-refractivity contribution in [1.82, 2.24) is 20.1 Å².